The Hall–Kier alpha value is -3.79. The van der Waals surface area contributed by atoms with Gasteiger partial charge in [-0.1, -0.05) is 25.1 Å². The Bertz CT molecular complexity index is 1410. The van der Waals surface area contributed by atoms with Crippen molar-refractivity contribution in [1.82, 2.24) is 9.47 Å². The van der Waals surface area contributed by atoms with Crippen LogP contribution in [0.5, 0.6) is 0 Å². The summed E-state index contributed by atoms with van der Waals surface area (Å²) in [6.45, 7) is 5.34. The fraction of sp³-hybridized carbons (Fsp3) is 0.222. The van der Waals surface area contributed by atoms with E-state index in [1.165, 1.54) is 11.6 Å². The van der Waals surface area contributed by atoms with Gasteiger partial charge in [0.05, 0.1) is 10.5 Å². The summed E-state index contributed by atoms with van der Waals surface area (Å²) in [7, 11) is 0. The highest BCUT2D eigenvalue weighted by atomic mass is 32.2. The molecule has 6 nitrogen and oxygen atoms in total. The van der Waals surface area contributed by atoms with Gasteiger partial charge in [-0.3, -0.25) is 19.3 Å². The molecule has 192 valence electrons. The summed E-state index contributed by atoms with van der Waals surface area (Å²) in [5, 5.41) is 1.69. The molecule has 37 heavy (non-hydrogen) atoms. The predicted octanol–water partition coefficient (Wildman–Crippen LogP) is 6.35. The van der Waals surface area contributed by atoms with Gasteiger partial charge in [0.25, 0.3) is 11.1 Å². The number of hydrogen-bond acceptors (Lipinski definition) is 4. The van der Waals surface area contributed by atoms with Gasteiger partial charge in [-0.25, -0.2) is 0 Å². The van der Waals surface area contributed by atoms with Crippen molar-refractivity contribution in [2.45, 2.75) is 33.4 Å². The van der Waals surface area contributed by atoms with Crippen LogP contribution in [0.25, 0.3) is 11.8 Å². The number of rotatable bonds is 6. The van der Waals surface area contributed by atoms with Crippen LogP contribution in [-0.4, -0.2) is 33.1 Å². The van der Waals surface area contributed by atoms with Crippen LogP contribution in [-0.2, 0) is 22.2 Å². The summed E-state index contributed by atoms with van der Waals surface area (Å²) >= 11 is 0.716. The van der Waals surface area contributed by atoms with E-state index in [1.807, 2.05) is 32.0 Å². The van der Waals surface area contributed by atoms with E-state index in [-0.39, 0.29) is 10.6 Å². The van der Waals surface area contributed by atoms with Gasteiger partial charge >= 0.3 is 6.18 Å². The molecule has 0 aliphatic carbocycles. The van der Waals surface area contributed by atoms with E-state index in [4.69, 9.17) is 0 Å². The van der Waals surface area contributed by atoms with E-state index in [0.717, 1.165) is 52.2 Å². The summed E-state index contributed by atoms with van der Waals surface area (Å²) in [4.78, 5) is 38.8. The number of carbonyl (C=O) groups excluding carboxylic acids is 3. The van der Waals surface area contributed by atoms with Crippen LogP contribution in [0.3, 0.4) is 0 Å². The number of halogens is 3. The Kier molecular flexibility index (Phi) is 7.31. The minimum absolute atomic E-state index is 0.0817. The van der Waals surface area contributed by atoms with Crippen molar-refractivity contribution in [2.24, 2.45) is 0 Å². The minimum atomic E-state index is -4.56. The first-order valence-corrected chi connectivity index (χ1v) is 12.3. The number of thioether (sulfide) groups is 1. The Labute approximate surface area is 216 Å². The second-order valence-electron chi connectivity index (χ2n) is 8.58. The third kappa shape index (κ3) is 5.64. The van der Waals surface area contributed by atoms with Crippen LogP contribution in [0, 0.1) is 13.8 Å². The van der Waals surface area contributed by atoms with Crippen molar-refractivity contribution in [1.29, 1.82) is 0 Å². The van der Waals surface area contributed by atoms with Crippen LogP contribution >= 0.6 is 11.8 Å². The van der Waals surface area contributed by atoms with Gasteiger partial charge in [-0.2, -0.15) is 13.2 Å². The van der Waals surface area contributed by atoms with Gasteiger partial charge < -0.3 is 9.88 Å². The number of aryl methyl sites for hydroxylation is 2. The van der Waals surface area contributed by atoms with Gasteiger partial charge in [-0.05, 0) is 85.6 Å². The largest absolute Gasteiger partial charge is 0.416 e. The molecule has 3 aromatic rings. The van der Waals surface area contributed by atoms with Crippen molar-refractivity contribution in [3.63, 3.8) is 0 Å². The average molecular weight is 528 g/mol. The van der Waals surface area contributed by atoms with Crippen LogP contribution in [0.15, 0.2) is 59.5 Å². The molecule has 0 unspecified atom stereocenters. The highest BCUT2D eigenvalue weighted by molar-refractivity contribution is 8.18. The molecule has 1 aromatic heterocycles. The molecular formula is C27H24F3N3O3S. The fourth-order valence-corrected chi connectivity index (χ4v) is 4.94. The summed E-state index contributed by atoms with van der Waals surface area (Å²) in [5.41, 5.74) is 3.79. The van der Waals surface area contributed by atoms with E-state index in [2.05, 4.69) is 28.9 Å². The van der Waals surface area contributed by atoms with E-state index in [1.54, 1.807) is 6.08 Å². The number of alkyl halides is 3. The number of amides is 3. The number of hydrogen-bond donors (Lipinski definition) is 1. The molecular weight excluding hydrogens is 503 g/mol. The van der Waals surface area contributed by atoms with Crippen LogP contribution in [0.4, 0.5) is 23.7 Å². The average Bonchev–Trinajstić information content (AvgIpc) is 3.27. The molecule has 4 rings (SSSR count). The zero-order chi connectivity index (χ0) is 26.9. The maximum Gasteiger partial charge on any atom is 0.416 e. The van der Waals surface area contributed by atoms with Crippen molar-refractivity contribution >= 4 is 40.6 Å². The number of imide groups is 1. The standard InChI is InChI=1S/C27H24F3N3O3S/c1-4-18-8-10-22(11-9-18)33-16(2)12-19(17(33)3)13-23-25(35)32(26(36)37-23)15-24(34)31-21-7-5-6-20(14-21)27(28,29)30/h5-14H,4,15H2,1-3H3,(H,31,34)/b23-13-. The van der Waals surface area contributed by atoms with E-state index in [9.17, 15) is 27.6 Å². The Balaban J connectivity index is 1.50. The monoisotopic (exact) mass is 527 g/mol. The molecule has 1 fully saturated rings. The molecule has 0 bridgehead atoms. The number of anilines is 1. The molecule has 1 aliphatic heterocycles. The number of benzene rings is 2. The summed E-state index contributed by atoms with van der Waals surface area (Å²) < 4.78 is 40.8. The number of nitrogens with zero attached hydrogens (tertiary/aromatic N) is 2. The Morgan fingerprint density at radius 1 is 1.05 bits per heavy atom. The molecule has 0 atom stereocenters. The van der Waals surface area contributed by atoms with Crippen LogP contribution in [0.2, 0.25) is 0 Å². The SMILES string of the molecule is CCc1ccc(-n2c(C)cc(/C=C3\SC(=O)N(CC(=O)Nc4cccc(C(F)(F)F)c4)C3=O)c2C)cc1. The Morgan fingerprint density at radius 3 is 2.41 bits per heavy atom. The summed E-state index contributed by atoms with van der Waals surface area (Å²) in [5.74, 6) is -1.41. The highest BCUT2D eigenvalue weighted by Gasteiger charge is 2.37. The number of carbonyl (C=O) groups is 3. The molecule has 1 aliphatic rings. The Morgan fingerprint density at radius 2 is 1.76 bits per heavy atom. The third-order valence-electron chi connectivity index (χ3n) is 6.01. The molecule has 2 heterocycles. The zero-order valence-corrected chi connectivity index (χ0v) is 21.2. The fourth-order valence-electron chi connectivity index (χ4n) is 4.11. The smallest absolute Gasteiger partial charge is 0.325 e. The lowest BCUT2D eigenvalue weighted by Crippen LogP contribution is -2.36. The third-order valence-corrected chi connectivity index (χ3v) is 6.92. The van der Waals surface area contributed by atoms with Crippen molar-refractivity contribution in [3.05, 3.63) is 87.6 Å². The van der Waals surface area contributed by atoms with Crippen LogP contribution in [0.1, 0.15) is 35.0 Å². The maximum atomic E-state index is 12.9. The number of nitrogens with one attached hydrogen (secondary N) is 1. The molecule has 0 radical (unpaired) electrons. The predicted molar refractivity (Wildman–Crippen MR) is 137 cm³/mol. The van der Waals surface area contributed by atoms with Crippen molar-refractivity contribution in [3.8, 4) is 5.69 Å². The van der Waals surface area contributed by atoms with Gasteiger partial charge in [0.15, 0.2) is 0 Å². The molecule has 1 N–H and O–H groups in total. The second-order valence-corrected chi connectivity index (χ2v) is 9.57. The lowest BCUT2D eigenvalue weighted by Gasteiger charge is -2.13. The quantitative estimate of drug-likeness (QED) is 0.379. The van der Waals surface area contributed by atoms with Gasteiger partial charge in [-0.15, -0.1) is 0 Å². The summed E-state index contributed by atoms with van der Waals surface area (Å²) in [6.07, 6.45) is -2.01. The number of aromatic nitrogens is 1. The molecule has 3 amide bonds. The van der Waals surface area contributed by atoms with Crippen molar-refractivity contribution in [2.75, 3.05) is 11.9 Å². The molecule has 0 spiro atoms. The van der Waals surface area contributed by atoms with E-state index < -0.39 is 35.3 Å². The lowest BCUT2D eigenvalue weighted by atomic mass is 10.1. The molecule has 2 aromatic carbocycles. The van der Waals surface area contributed by atoms with E-state index in [0.29, 0.717) is 11.8 Å². The van der Waals surface area contributed by atoms with Crippen LogP contribution < -0.4 is 5.32 Å². The van der Waals surface area contributed by atoms with Gasteiger partial charge in [0.2, 0.25) is 5.91 Å². The first-order valence-electron chi connectivity index (χ1n) is 11.5. The minimum Gasteiger partial charge on any atom is -0.325 e. The second kappa shape index (κ2) is 10.3. The summed E-state index contributed by atoms with van der Waals surface area (Å²) in [6, 6.07) is 14.2. The zero-order valence-electron chi connectivity index (χ0n) is 20.3. The normalized spacial score (nSPS) is 15.1. The first-order chi connectivity index (χ1) is 17.5. The lowest BCUT2D eigenvalue weighted by molar-refractivity contribution is -0.137. The molecule has 0 saturated carbocycles. The highest BCUT2D eigenvalue weighted by Crippen LogP contribution is 2.34. The first kappa shape index (κ1) is 26.3. The topological polar surface area (TPSA) is 71.4 Å². The van der Waals surface area contributed by atoms with E-state index >= 15 is 0 Å². The van der Waals surface area contributed by atoms with Gasteiger partial charge in [0, 0.05) is 22.8 Å². The maximum absolute atomic E-state index is 12.9. The molecule has 10 heteroatoms. The van der Waals surface area contributed by atoms with Crippen molar-refractivity contribution < 1.29 is 27.6 Å². The molecule has 1 saturated heterocycles. The van der Waals surface area contributed by atoms with Gasteiger partial charge in [0.1, 0.15) is 6.54 Å².